The Hall–Kier alpha value is -0.490. The number of hydrazine groups is 1. The Morgan fingerprint density at radius 2 is 1.95 bits per heavy atom. The molecule has 1 aromatic rings. The normalized spacial score (nSPS) is 20.4. The van der Waals surface area contributed by atoms with Crippen LogP contribution in [0.2, 0.25) is 0 Å². The molecule has 5 heteroatoms. The van der Waals surface area contributed by atoms with Crippen molar-refractivity contribution >= 4 is 15.9 Å². The van der Waals surface area contributed by atoms with Crippen molar-refractivity contribution in [1.29, 1.82) is 0 Å². The van der Waals surface area contributed by atoms with Crippen molar-refractivity contribution < 1.29 is 9.13 Å². The lowest BCUT2D eigenvalue weighted by Crippen LogP contribution is -2.48. The first-order valence-corrected chi connectivity index (χ1v) is 7.89. The minimum Gasteiger partial charge on any atom is -0.376 e. The summed E-state index contributed by atoms with van der Waals surface area (Å²) in [7, 11) is 1.70. The van der Waals surface area contributed by atoms with E-state index in [2.05, 4.69) is 21.4 Å². The third-order valence-corrected chi connectivity index (χ3v) is 4.95. The molecule has 2 rings (SSSR count). The second-order valence-corrected chi connectivity index (χ2v) is 6.28. The fourth-order valence-corrected chi connectivity index (χ4v) is 3.59. The minimum absolute atomic E-state index is 0.267. The van der Waals surface area contributed by atoms with Gasteiger partial charge in [-0.15, -0.1) is 0 Å². The van der Waals surface area contributed by atoms with E-state index < -0.39 is 5.60 Å². The van der Waals surface area contributed by atoms with Crippen LogP contribution in [0.1, 0.15) is 50.1 Å². The molecule has 0 radical (unpaired) electrons. The number of ether oxygens (including phenoxy) is 1. The highest BCUT2D eigenvalue weighted by molar-refractivity contribution is 9.10. The molecule has 3 nitrogen and oxygen atoms in total. The van der Waals surface area contributed by atoms with Gasteiger partial charge in [-0.2, -0.15) is 0 Å². The Bertz CT molecular complexity index is 447. The lowest BCUT2D eigenvalue weighted by Gasteiger charge is -2.39. The van der Waals surface area contributed by atoms with E-state index in [1.54, 1.807) is 19.2 Å². The topological polar surface area (TPSA) is 47.3 Å². The maximum absolute atomic E-state index is 14.4. The minimum atomic E-state index is -0.438. The predicted molar refractivity (Wildman–Crippen MR) is 81.6 cm³/mol. The highest BCUT2D eigenvalue weighted by Crippen LogP contribution is 2.41. The molecule has 1 fully saturated rings. The van der Waals surface area contributed by atoms with Crippen LogP contribution in [0.25, 0.3) is 0 Å². The molecule has 1 saturated carbocycles. The molecule has 1 unspecified atom stereocenters. The first-order valence-electron chi connectivity index (χ1n) is 7.10. The second kappa shape index (κ2) is 6.98. The van der Waals surface area contributed by atoms with E-state index in [9.17, 15) is 4.39 Å². The predicted octanol–water partition coefficient (Wildman–Crippen LogP) is 3.83. The average Bonchev–Trinajstić information content (AvgIpc) is 2.71. The molecule has 0 heterocycles. The molecule has 1 aromatic carbocycles. The number of rotatable bonds is 4. The number of nitrogens with one attached hydrogen (secondary N) is 1. The second-order valence-electron chi connectivity index (χ2n) is 5.43. The molecule has 0 bridgehead atoms. The number of halogens is 2. The van der Waals surface area contributed by atoms with Gasteiger partial charge in [0.2, 0.25) is 0 Å². The SMILES string of the molecule is COC1(C(NN)c2cccc(Br)c2F)CCCCCC1. The zero-order chi connectivity index (χ0) is 14.6. The van der Waals surface area contributed by atoms with Gasteiger partial charge in [-0.1, -0.05) is 37.8 Å². The average molecular weight is 345 g/mol. The third kappa shape index (κ3) is 3.06. The highest BCUT2D eigenvalue weighted by atomic mass is 79.9. The van der Waals surface area contributed by atoms with Gasteiger partial charge in [0.1, 0.15) is 5.82 Å². The fraction of sp³-hybridized carbons (Fsp3) is 0.600. The Morgan fingerprint density at radius 3 is 2.50 bits per heavy atom. The number of hydrogen-bond donors (Lipinski definition) is 2. The van der Waals surface area contributed by atoms with Gasteiger partial charge in [0.05, 0.1) is 16.1 Å². The maximum Gasteiger partial charge on any atom is 0.142 e. The van der Waals surface area contributed by atoms with Crippen LogP contribution < -0.4 is 11.3 Å². The van der Waals surface area contributed by atoms with Crippen molar-refractivity contribution in [3.8, 4) is 0 Å². The molecular weight excluding hydrogens is 323 g/mol. The van der Waals surface area contributed by atoms with Crippen molar-refractivity contribution in [2.24, 2.45) is 5.84 Å². The molecule has 1 aliphatic carbocycles. The Kier molecular flexibility index (Phi) is 5.55. The summed E-state index contributed by atoms with van der Waals surface area (Å²) in [5.41, 5.74) is 2.91. The fourth-order valence-electron chi connectivity index (χ4n) is 3.21. The van der Waals surface area contributed by atoms with Crippen LogP contribution in [0.15, 0.2) is 22.7 Å². The number of benzene rings is 1. The third-order valence-electron chi connectivity index (χ3n) is 4.34. The molecule has 3 N–H and O–H groups in total. The first kappa shape index (κ1) is 15.9. The van der Waals surface area contributed by atoms with Crippen LogP contribution in [0.5, 0.6) is 0 Å². The van der Waals surface area contributed by atoms with Gasteiger partial charge in [0.25, 0.3) is 0 Å². The monoisotopic (exact) mass is 344 g/mol. The quantitative estimate of drug-likeness (QED) is 0.495. The summed E-state index contributed by atoms with van der Waals surface area (Å²) in [5, 5.41) is 0. The lowest BCUT2D eigenvalue weighted by molar-refractivity contribution is -0.0549. The van der Waals surface area contributed by atoms with Crippen molar-refractivity contribution in [1.82, 2.24) is 5.43 Å². The van der Waals surface area contributed by atoms with Crippen LogP contribution >= 0.6 is 15.9 Å². The van der Waals surface area contributed by atoms with Gasteiger partial charge in [-0.3, -0.25) is 5.84 Å². The summed E-state index contributed by atoms with van der Waals surface area (Å²) < 4.78 is 20.7. The standard InChI is InChI=1S/C15H22BrFN2O/c1-20-15(9-4-2-3-5-10-15)14(19-18)11-7-6-8-12(16)13(11)17/h6-8,14,19H,2-5,9-10,18H2,1H3. The van der Waals surface area contributed by atoms with E-state index in [1.807, 2.05) is 6.07 Å². The molecular formula is C15H22BrFN2O. The molecule has 20 heavy (non-hydrogen) atoms. The largest absolute Gasteiger partial charge is 0.376 e. The summed E-state index contributed by atoms with van der Waals surface area (Å²) in [6.07, 6.45) is 6.35. The summed E-state index contributed by atoms with van der Waals surface area (Å²) >= 11 is 3.24. The zero-order valence-electron chi connectivity index (χ0n) is 11.8. The lowest BCUT2D eigenvalue weighted by atomic mass is 9.82. The van der Waals surface area contributed by atoms with Crippen LogP contribution in [-0.2, 0) is 4.74 Å². The summed E-state index contributed by atoms with van der Waals surface area (Å²) in [5.74, 6) is 5.49. The van der Waals surface area contributed by atoms with Gasteiger partial charge < -0.3 is 4.74 Å². The molecule has 1 atom stereocenters. The molecule has 0 aliphatic heterocycles. The van der Waals surface area contributed by atoms with E-state index >= 15 is 0 Å². The van der Waals surface area contributed by atoms with E-state index in [0.717, 1.165) is 25.7 Å². The van der Waals surface area contributed by atoms with Crippen molar-refractivity contribution in [3.05, 3.63) is 34.1 Å². The Balaban J connectivity index is 2.40. The van der Waals surface area contributed by atoms with Crippen molar-refractivity contribution in [2.75, 3.05) is 7.11 Å². The van der Waals surface area contributed by atoms with Crippen LogP contribution in [0.3, 0.4) is 0 Å². The van der Waals surface area contributed by atoms with Gasteiger partial charge in [-0.25, -0.2) is 9.82 Å². The number of nitrogens with two attached hydrogens (primary N) is 1. The molecule has 0 saturated heterocycles. The smallest absolute Gasteiger partial charge is 0.142 e. The van der Waals surface area contributed by atoms with Gasteiger partial charge >= 0.3 is 0 Å². The summed E-state index contributed by atoms with van der Waals surface area (Å²) in [6.45, 7) is 0. The summed E-state index contributed by atoms with van der Waals surface area (Å²) in [6, 6.07) is 4.95. The molecule has 112 valence electrons. The number of methoxy groups -OCH3 is 1. The van der Waals surface area contributed by atoms with Crippen LogP contribution in [0, 0.1) is 5.82 Å². The molecule has 0 spiro atoms. The Morgan fingerprint density at radius 1 is 1.30 bits per heavy atom. The van der Waals surface area contributed by atoms with E-state index in [0.29, 0.717) is 10.0 Å². The molecule has 0 amide bonds. The molecule has 1 aliphatic rings. The highest BCUT2D eigenvalue weighted by Gasteiger charge is 2.41. The first-order chi connectivity index (χ1) is 9.64. The van der Waals surface area contributed by atoms with Gasteiger partial charge in [0, 0.05) is 12.7 Å². The Labute approximate surface area is 128 Å². The van der Waals surface area contributed by atoms with Crippen molar-refractivity contribution in [3.63, 3.8) is 0 Å². The number of hydrogen-bond acceptors (Lipinski definition) is 3. The van der Waals surface area contributed by atoms with Gasteiger partial charge in [0.15, 0.2) is 0 Å². The zero-order valence-corrected chi connectivity index (χ0v) is 13.4. The van der Waals surface area contributed by atoms with Crippen LogP contribution in [0.4, 0.5) is 4.39 Å². The summed E-state index contributed by atoms with van der Waals surface area (Å²) in [4.78, 5) is 0. The van der Waals surface area contributed by atoms with Crippen LogP contribution in [-0.4, -0.2) is 12.7 Å². The van der Waals surface area contributed by atoms with E-state index in [4.69, 9.17) is 10.6 Å². The van der Waals surface area contributed by atoms with Crippen molar-refractivity contribution in [2.45, 2.75) is 50.2 Å². The maximum atomic E-state index is 14.4. The van der Waals surface area contributed by atoms with E-state index in [1.165, 1.54) is 12.8 Å². The molecule has 0 aromatic heterocycles. The van der Waals surface area contributed by atoms with Gasteiger partial charge in [-0.05, 0) is 34.8 Å². The van der Waals surface area contributed by atoms with E-state index in [-0.39, 0.29) is 11.9 Å².